The van der Waals surface area contributed by atoms with Crippen LogP contribution in [0.15, 0.2) is 77.1 Å². The van der Waals surface area contributed by atoms with Gasteiger partial charge < -0.3 is 41.4 Å². The Morgan fingerprint density at radius 2 is 1.47 bits per heavy atom. The summed E-state index contributed by atoms with van der Waals surface area (Å²) in [5.41, 5.74) is 7.72. The molecule has 1 heterocycles. The first-order valence-electron chi connectivity index (χ1n) is 19.5. The maximum Gasteiger partial charge on any atom is 0.407 e. The molecule has 5 amide bonds. The number of rotatable bonds is 21. The smallest absolute Gasteiger partial charge is 0.407 e. The molecule has 57 heavy (non-hydrogen) atoms. The van der Waals surface area contributed by atoms with Gasteiger partial charge >= 0.3 is 18.2 Å². The number of thiol groups is 1. The summed E-state index contributed by atoms with van der Waals surface area (Å²) in [6, 6.07) is 17.8. The number of hydrogen-bond acceptors (Lipinski definition) is 10. The van der Waals surface area contributed by atoms with Crippen molar-refractivity contribution in [2.75, 3.05) is 20.2 Å². The molecule has 0 aliphatic rings. The summed E-state index contributed by atoms with van der Waals surface area (Å²) in [5.74, 6) is -0.0433. The largest absolute Gasteiger partial charge is 0.444 e. The van der Waals surface area contributed by atoms with Gasteiger partial charge in [-0.3, -0.25) is 4.79 Å². The number of thiazole rings is 1. The number of hydrogen-bond donors (Lipinski definition) is 6. The van der Waals surface area contributed by atoms with Gasteiger partial charge in [-0.25, -0.2) is 19.4 Å². The fourth-order valence-corrected chi connectivity index (χ4v) is 6.72. The molecule has 6 N–H and O–H groups in total. The zero-order chi connectivity index (χ0) is 41.8. The van der Waals surface area contributed by atoms with E-state index >= 15 is 0 Å². The molecule has 3 aromatic rings. The summed E-state index contributed by atoms with van der Waals surface area (Å²) in [6.07, 6.45) is 3.72. The first-order chi connectivity index (χ1) is 27.1. The number of ether oxygens (including phenoxy) is 2. The predicted octanol–water partition coefficient (Wildman–Crippen LogP) is 7.05. The van der Waals surface area contributed by atoms with E-state index in [9.17, 15) is 19.2 Å². The molecule has 0 saturated heterocycles. The number of aromatic nitrogens is 1. The fraction of sp³-hybridized carbons (Fsp3) is 0.500. The van der Waals surface area contributed by atoms with Crippen molar-refractivity contribution in [2.45, 2.75) is 116 Å². The lowest BCUT2D eigenvalue weighted by molar-refractivity contribution is -0.124. The van der Waals surface area contributed by atoms with Crippen molar-refractivity contribution in [1.82, 2.24) is 31.2 Å². The van der Waals surface area contributed by atoms with Crippen LogP contribution in [0.2, 0.25) is 0 Å². The first-order valence-corrected chi connectivity index (χ1v) is 20.8. The average molecular weight is 824 g/mol. The van der Waals surface area contributed by atoms with E-state index in [0.717, 1.165) is 21.8 Å². The fourth-order valence-electron chi connectivity index (χ4n) is 5.83. The Morgan fingerprint density at radius 3 is 2.02 bits per heavy atom. The molecule has 0 aliphatic carbocycles. The number of benzene rings is 2. The van der Waals surface area contributed by atoms with Gasteiger partial charge in [-0.2, -0.15) is 0 Å². The monoisotopic (exact) mass is 823 g/mol. The second kappa shape index (κ2) is 24.1. The quantitative estimate of drug-likeness (QED) is 0.0490. The van der Waals surface area contributed by atoms with E-state index in [1.54, 1.807) is 39.2 Å². The lowest BCUT2D eigenvalue weighted by Crippen LogP contribution is -2.52. The van der Waals surface area contributed by atoms with E-state index in [4.69, 9.17) is 15.2 Å². The van der Waals surface area contributed by atoms with E-state index in [1.807, 2.05) is 66.0 Å². The third-order valence-corrected chi connectivity index (χ3v) is 10.2. The molecule has 3 atom stereocenters. The van der Waals surface area contributed by atoms with Crippen molar-refractivity contribution in [3.05, 3.63) is 99.0 Å². The summed E-state index contributed by atoms with van der Waals surface area (Å²) < 4.78 is 10.7. The van der Waals surface area contributed by atoms with E-state index < -0.39 is 29.9 Å². The molecule has 0 saturated carbocycles. The molecule has 0 aliphatic heterocycles. The maximum atomic E-state index is 14.2. The van der Waals surface area contributed by atoms with Gasteiger partial charge in [-0.15, -0.1) is 24.0 Å². The summed E-state index contributed by atoms with van der Waals surface area (Å²) in [6.45, 7) is 10.1. The van der Waals surface area contributed by atoms with E-state index in [-0.39, 0.29) is 37.1 Å². The Labute approximate surface area is 347 Å². The highest BCUT2D eigenvalue weighted by Gasteiger charge is 2.26. The van der Waals surface area contributed by atoms with Crippen molar-refractivity contribution in [1.29, 1.82) is 0 Å². The van der Waals surface area contributed by atoms with Crippen LogP contribution in [0.5, 0.6) is 0 Å². The standard InChI is InChI=1S/C42H61N7O6S2/c1-29(2)38-46-34(28-57-38)26-49(6)39(51)48-36(19-13-14-22-44-40(52)55-42(3,4)5)37(50)45-32(23-30-15-9-7-10-16-30)20-21-33(24-31-17-11-8-12-18-31)47-41(53)54-27-35(56)25-43/h7-12,15-18,25,28-29,32-33,36,56H,13-14,19-24,26-27,43H2,1-6H3,(H,44,52)(H,45,50)(H,47,53)(H,48,51)/b35-25-. The third kappa shape index (κ3) is 18.8. The predicted molar refractivity (Wildman–Crippen MR) is 229 cm³/mol. The van der Waals surface area contributed by atoms with Crippen LogP contribution in [-0.4, -0.2) is 77.9 Å². The van der Waals surface area contributed by atoms with Crippen LogP contribution >= 0.6 is 24.0 Å². The van der Waals surface area contributed by atoms with Gasteiger partial charge in [0.2, 0.25) is 5.91 Å². The van der Waals surface area contributed by atoms with Crippen LogP contribution in [0.1, 0.15) is 94.5 Å². The Hall–Kier alpha value is -4.76. The van der Waals surface area contributed by atoms with Crippen LogP contribution in [0.3, 0.4) is 0 Å². The number of urea groups is 1. The van der Waals surface area contributed by atoms with E-state index in [1.165, 1.54) is 11.1 Å². The van der Waals surface area contributed by atoms with Crippen LogP contribution < -0.4 is 27.0 Å². The zero-order valence-electron chi connectivity index (χ0n) is 34.1. The minimum Gasteiger partial charge on any atom is -0.444 e. The van der Waals surface area contributed by atoms with Crippen molar-refractivity contribution < 1.29 is 28.7 Å². The van der Waals surface area contributed by atoms with Crippen LogP contribution in [-0.2, 0) is 33.7 Å². The van der Waals surface area contributed by atoms with Gasteiger partial charge in [0.15, 0.2) is 0 Å². The van der Waals surface area contributed by atoms with Gasteiger partial charge in [-0.1, -0.05) is 74.5 Å². The average Bonchev–Trinajstić information content (AvgIpc) is 3.64. The van der Waals surface area contributed by atoms with Crippen molar-refractivity contribution in [3.8, 4) is 0 Å². The van der Waals surface area contributed by atoms with Crippen LogP contribution in [0.4, 0.5) is 14.4 Å². The summed E-state index contributed by atoms with van der Waals surface area (Å²) in [7, 11) is 1.68. The number of carbonyl (C=O) groups is 4. The molecule has 3 unspecified atom stereocenters. The van der Waals surface area contributed by atoms with Gasteiger partial charge in [-0.05, 0) is 76.8 Å². The van der Waals surface area contributed by atoms with Crippen molar-refractivity contribution >= 4 is 48.1 Å². The van der Waals surface area contributed by atoms with E-state index in [2.05, 4.69) is 52.7 Å². The Balaban J connectivity index is 1.77. The molecule has 0 radical (unpaired) electrons. The molecule has 0 bridgehead atoms. The first kappa shape index (κ1) is 46.6. The van der Waals surface area contributed by atoms with Gasteiger partial charge in [0.1, 0.15) is 18.2 Å². The maximum absolute atomic E-state index is 14.2. The highest BCUT2D eigenvalue weighted by Crippen LogP contribution is 2.20. The molecular formula is C42H61N7O6S2. The molecule has 0 fully saturated rings. The number of carbonyl (C=O) groups excluding carboxylic acids is 4. The molecule has 13 nitrogen and oxygen atoms in total. The summed E-state index contributed by atoms with van der Waals surface area (Å²) >= 11 is 5.75. The number of nitrogens with two attached hydrogens (primary N) is 1. The summed E-state index contributed by atoms with van der Waals surface area (Å²) in [4.78, 5) is 59.4. The number of amides is 5. The molecule has 0 spiro atoms. The Kier molecular flexibility index (Phi) is 19.7. The number of unbranched alkanes of at least 4 members (excludes halogenated alkanes) is 1. The normalized spacial score (nSPS) is 13.2. The Morgan fingerprint density at radius 1 is 0.877 bits per heavy atom. The third-order valence-electron chi connectivity index (χ3n) is 8.74. The Bertz CT molecular complexity index is 1720. The van der Waals surface area contributed by atoms with Gasteiger partial charge in [0.05, 0.1) is 17.2 Å². The molecule has 2 aromatic carbocycles. The molecule has 312 valence electrons. The molecule has 1 aromatic heterocycles. The lowest BCUT2D eigenvalue weighted by atomic mass is 9.95. The van der Waals surface area contributed by atoms with Gasteiger partial charge in [0.25, 0.3) is 0 Å². The second-order valence-corrected chi connectivity index (χ2v) is 16.8. The highest BCUT2D eigenvalue weighted by molar-refractivity contribution is 7.84. The van der Waals surface area contributed by atoms with Crippen LogP contribution in [0.25, 0.3) is 0 Å². The summed E-state index contributed by atoms with van der Waals surface area (Å²) in [5, 5.41) is 14.9. The number of nitrogens with zero attached hydrogens (tertiary/aromatic N) is 2. The topological polar surface area (TPSA) is 177 Å². The molecular weight excluding hydrogens is 763 g/mol. The molecule has 3 rings (SSSR count). The minimum absolute atomic E-state index is 0.0572. The van der Waals surface area contributed by atoms with Crippen LogP contribution in [0, 0.1) is 0 Å². The number of nitrogens with one attached hydrogen (secondary N) is 4. The number of alkyl carbamates (subject to hydrolysis) is 2. The van der Waals surface area contributed by atoms with E-state index in [0.29, 0.717) is 56.4 Å². The highest BCUT2D eigenvalue weighted by atomic mass is 32.1. The lowest BCUT2D eigenvalue weighted by Gasteiger charge is -2.27. The minimum atomic E-state index is -0.861. The molecule has 15 heteroatoms. The van der Waals surface area contributed by atoms with Gasteiger partial charge in [0, 0.05) is 48.1 Å². The zero-order valence-corrected chi connectivity index (χ0v) is 35.8. The SMILES string of the molecule is CC(C)c1nc(CN(C)C(=O)NC(CCCCNC(=O)OC(C)(C)C)C(=O)NC(CCC(Cc2ccccc2)NC(=O)OC/C(S)=C/N)Cc2ccccc2)cs1. The van der Waals surface area contributed by atoms with Crippen molar-refractivity contribution in [2.24, 2.45) is 5.73 Å². The van der Waals surface area contributed by atoms with Crippen molar-refractivity contribution in [3.63, 3.8) is 0 Å². The second-order valence-electron chi connectivity index (χ2n) is 15.4.